The molecular formula is C15H16N4O2. The van der Waals surface area contributed by atoms with Crippen molar-refractivity contribution in [3.63, 3.8) is 0 Å². The van der Waals surface area contributed by atoms with Crippen molar-refractivity contribution in [2.24, 2.45) is 13.0 Å². The fraction of sp³-hybridized carbons (Fsp3) is 0.267. The third kappa shape index (κ3) is 3.10. The van der Waals surface area contributed by atoms with Gasteiger partial charge in [0.15, 0.2) is 0 Å². The molecule has 3 rings (SSSR count). The van der Waals surface area contributed by atoms with Crippen LogP contribution in [0, 0.1) is 5.92 Å². The predicted molar refractivity (Wildman–Crippen MR) is 79.0 cm³/mol. The van der Waals surface area contributed by atoms with Gasteiger partial charge in [0.05, 0.1) is 0 Å². The summed E-state index contributed by atoms with van der Waals surface area (Å²) in [6.45, 7) is 0. The van der Waals surface area contributed by atoms with E-state index in [-0.39, 0.29) is 17.7 Å². The van der Waals surface area contributed by atoms with Crippen LogP contribution in [0.1, 0.15) is 23.3 Å². The highest BCUT2D eigenvalue weighted by Crippen LogP contribution is 2.30. The molecular weight excluding hydrogens is 268 g/mol. The van der Waals surface area contributed by atoms with E-state index in [9.17, 15) is 9.59 Å². The fourth-order valence-electron chi connectivity index (χ4n) is 2.06. The molecule has 0 saturated heterocycles. The molecule has 1 fully saturated rings. The first-order chi connectivity index (χ1) is 10.1. The van der Waals surface area contributed by atoms with Gasteiger partial charge in [-0.15, -0.1) is 0 Å². The van der Waals surface area contributed by atoms with Crippen molar-refractivity contribution >= 4 is 23.2 Å². The zero-order valence-electron chi connectivity index (χ0n) is 11.7. The molecule has 1 aliphatic rings. The Kier molecular flexibility index (Phi) is 3.43. The lowest BCUT2D eigenvalue weighted by molar-refractivity contribution is -0.117. The van der Waals surface area contributed by atoms with Crippen LogP contribution in [-0.2, 0) is 11.8 Å². The number of carbonyl (C=O) groups is 2. The Hall–Kier alpha value is -2.63. The van der Waals surface area contributed by atoms with Gasteiger partial charge in [0, 0.05) is 30.5 Å². The monoisotopic (exact) mass is 284 g/mol. The lowest BCUT2D eigenvalue weighted by Gasteiger charge is -2.08. The van der Waals surface area contributed by atoms with Gasteiger partial charge in [0.25, 0.3) is 5.91 Å². The summed E-state index contributed by atoms with van der Waals surface area (Å²) in [7, 11) is 1.71. The van der Waals surface area contributed by atoms with Crippen molar-refractivity contribution < 1.29 is 9.59 Å². The molecule has 21 heavy (non-hydrogen) atoms. The average molecular weight is 284 g/mol. The van der Waals surface area contributed by atoms with Gasteiger partial charge in [-0.05, 0) is 37.1 Å². The summed E-state index contributed by atoms with van der Waals surface area (Å²) in [5.74, 6) is -0.0385. The molecule has 1 aromatic carbocycles. The summed E-state index contributed by atoms with van der Waals surface area (Å²) in [4.78, 5) is 23.8. The minimum absolute atomic E-state index is 0.0464. The maximum Gasteiger partial charge on any atom is 0.273 e. The van der Waals surface area contributed by atoms with Crippen LogP contribution in [0.2, 0.25) is 0 Å². The van der Waals surface area contributed by atoms with Crippen LogP contribution in [0.5, 0.6) is 0 Å². The zero-order valence-corrected chi connectivity index (χ0v) is 11.7. The number of hydrogen-bond donors (Lipinski definition) is 2. The minimum atomic E-state index is -0.235. The molecule has 6 nitrogen and oxygen atoms in total. The zero-order chi connectivity index (χ0) is 14.8. The maximum atomic E-state index is 12.1. The molecule has 1 saturated carbocycles. The Morgan fingerprint density at radius 2 is 1.90 bits per heavy atom. The molecule has 1 aliphatic carbocycles. The number of aryl methyl sites for hydroxylation is 1. The van der Waals surface area contributed by atoms with Crippen LogP contribution < -0.4 is 10.6 Å². The van der Waals surface area contributed by atoms with E-state index in [4.69, 9.17) is 0 Å². The number of rotatable bonds is 4. The molecule has 0 atom stereocenters. The Balaban J connectivity index is 1.69. The highest BCUT2D eigenvalue weighted by atomic mass is 16.2. The number of carbonyl (C=O) groups excluding carboxylic acids is 2. The van der Waals surface area contributed by atoms with Gasteiger partial charge in [-0.2, -0.15) is 5.10 Å². The fourth-order valence-corrected chi connectivity index (χ4v) is 2.06. The molecule has 0 radical (unpaired) electrons. The number of nitrogens with one attached hydrogen (secondary N) is 2. The van der Waals surface area contributed by atoms with Crippen molar-refractivity contribution in [2.45, 2.75) is 12.8 Å². The van der Waals surface area contributed by atoms with Crippen LogP contribution in [0.15, 0.2) is 36.5 Å². The molecule has 0 bridgehead atoms. The minimum Gasteiger partial charge on any atom is -0.326 e. The second-order valence-electron chi connectivity index (χ2n) is 5.14. The molecule has 0 unspecified atom stereocenters. The number of benzene rings is 1. The van der Waals surface area contributed by atoms with Gasteiger partial charge in [-0.25, -0.2) is 0 Å². The second kappa shape index (κ2) is 5.40. The molecule has 2 amide bonds. The quantitative estimate of drug-likeness (QED) is 0.901. The highest BCUT2D eigenvalue weighted by Gasteiger charge is 2.29. The van der Waals surface area contributed by atoms with Gasteiger partial charge < -0.3 is 10.6 Å². The smallest absolute Gasteiger partial charge is 0.273 e. The lowest BCUT2D eigenvalue weighted by Crippen LogP contribution is -2.17. The van der Waals surface area contributed by atoms with E-state index in [1.807, 2.05) is 0 Å². The summed E-state index contributed by atoms with van der Waals surface area (Å²) >= 11 is 0. The van der Waals surface area contributed by atoms with Gasteiger partial charge in [-0.1, -0.05) is 6.07 Å². The van der Waals surface area contributed by atoms with E-state index in [1.54, 1.807) is 43.6 Å². The number of aromatic nitrogens is 2. The summed E-state index contributed by atoms with van der Waals surface area (Å²) in [6, 6.07) is 8.77. The molecule has 2 aromatic rings. The van der Waals surface area contributed by atoms with Crippen LogP contribution in [0.4, 0.5) is 11.4 Å². The van der Waals surface area contributed by atoms with Gasteiger partial charge >= 0.3 is 0 Å². The SMILES string of the molecule is Cn1nccc1C(=O)Nc1cccc(NC(=O)C2CC2)c1. The summed E-state index contributed by atoms with van der Waals surface area (Å²) in [6.07, 6.45) is 3.49. The first-order valence-electron chi connectivity index (χ1n) is 6.84. The number of hydrogen-bond acceptors (Lipinski definition) is 3. The predicted octanol–water partition coefficient (Wildman–Crippen LogP) is 2.02. The van der Waals surface area contributed by atoms with E-state index in [0.29, 0.717) is 17.1 Å². The first kappa shape index (κ1) is 13.4. The largest absolute Gasteiger partial charge is 0.326 e. The Morgan fingerprint density at radius 1 is 1.19 bits per heavy atom. The molecule has 6 heteroatoms. The Bertz CT molecular complexity index is 688. The lowest BCUT2D eigenvalue weighted by atomic mass is 10.2. The Labute approximate surface area is 122 Å². The molecule has 108 valence electrons. The summed E-state index contributed by atoms with van der Waals surface area (Å²) in [5.41, 5.74) is 1.80. The Morgan fingerprint density at radius 3 is 2.52 bits per heavy atom. The van der Waals surface area contributed by atoms with Crippen LogP contribution in [-0.4, -0.2) is 21.6 Å². The highest BCUT2D eigenvalue weighted by molar-refractivity contribution is 6.03. The van der Waals surface area contributed by atoms with E-state index in [1.165, 1.54) is 4.68 Å². The van der Waals surface area contributed by atoms with Gasteiger partial charge in [0.1, 0.15) is 5.69 Å². The number of anilines is 2. The number of amides is 2. The van der Waals surface area contributed by atoms with E-state index < -0.39 is 0 Å². The van der Waals surface area contributed by atoms with E-state index in [2.05, 4.69) is 15.7 Å². The van der Waals surface area contributed by atoms with Gasteiger partial charge in [0.2, 0.25) is 5.91 Å². The third-order valence-electron chi connectivity index (χ3n) is 3.39. The molecule has 0 aliphatic heterocycles. The summed E-state index contributed by atoms with van der Waals surface area (Å²) < 4.78 is 1.51. The molecule has 2 N–H and O–H groups in total. The van der Waals surface area contributed by atoms with Crippen molar-refractivity contribution in [3.8, 4) is 0 Å². The van der Waals surface area contributed by atoms with Crippen LogP contribution >= 0.6 is 0 Å². The molecule has 0 spiro atoms. The van der Waals surface area contributed by atoms with Crippen molar-refractivity contribution in [2.75, 3.05) is 10.6 Å². The second-order valence-corrected chi connectivity index (χ2v) is 5.14. The molecule has 1 aromatic heterocycles. The van der Waals surface area contributed by atoms with Crippen molar-refractivity contribution in [3.05, 3.63) is 42.2 Å². The third-order valence-corrected chi connectivity index (χ3v) is 3.39. The van der Waals surface area contributed by atoms with Crippen LogP contribution in [0.25, 0.3) is 0 Å². The van der Waals surface area contributed by atoms with E-state index >= 15 is 0 Å². The van der Waals surface area contributed by atoms with Crippen molar-refractivity contribution in [1.82, 2.24) is 9.78 Å². The average Bonchev–Trinajstić information content (AvgIpc) is 3.21. The topological polar surface area (TPSA) is 76.0 Å². The first-order valence-corrected chi connectivity index (χ1v) is 6.84. The normalized spacial score (nSPS) is 13.8. The van der Waals surface area contributed by atoms with Crippen molar-refractivity contribution in [1.29, 1.82) is 0 Å². The maximum absolute atomic E-state index is 12.1. The molecule has 1 heterocycles. The van der Waals surface area contributed by atoms with Gasteiger partial charge in [-0.3, -0.25) is 14.3 Å². The van der Waals surface area contributed by atoms with Crippen LogP contribution in [0.3, 0.4) is 0 Å². The standard InChI is InChI=1S/C15H16N4O2/c1-19-13(7-8-16-19)15(21)18-12-4-2-3-11(9-12)17-14(20)10-5-6-10/h2-4,7-10H,5-6H2,1H3,(H,17,20)(H,18,21). The summed E-state index contributed by atoms with van der Waals surface area (Å²) in [5, 5.41) is 9.61. The number of nitrogens with zero attached hydrogens (tertiary/aromatic N) is 2. The van der Waals surface area contributed by atoms with E-state index in [0.717, 1.165) is 12.8 Å².